The van der Waals surface area contributed by atoms with E-state index < -0.39 is 0 Å². The van der Waals surface area contributed by atoms with Crippen LogP contribution >= 0.6 is 0 Å². The lowest BCUT2D eigenvalue weighted by atomic mass is 10.2. The van der Waals surface area contributed by atoms with Crippen LogP contribution in [0.2, 0.25) is 0 Å². The van der Waals surface area contributed by atoms with Gasteiger partial charge in [-0.05, 0) is 13.3 Å². The molecule has 0 aromatic rings. The summed E-state index contributed by atoms with van der Waals surface area (Å²) in [4.78, 5) is 1.76. The monoisotopic (exact) mass is 140 g/mol. The van der Waals surface area contributed by atoms with Crippen LogP contribution in [0.4, 0.5) is 0 Å². The van der Waals surface area contributed by atoms with Crippen LogP contribution in [0.3, 0.4) is 0 Å². The summed E-state index contributed by atoms with van der Waals surface area (Å²) >= 11 is 0. The van der Waals surface area contributed by atoms with Crippen LogP contribution in [-0.4, -0.2) is 30.7 Å². The van der Waals surface area contributed by atoms with Gasteiger partial charge in [0, 0.05) is 13.2 Å². The maximum atomic E-state index is 8.57. The number of hydrogen-bond acceptors (Lipinski definition) is 3. The number of likely N-dealkylation sites (tertiary alicyclic amines) is 1. The Morgan fingerprint density at radius 3 is 2.70 bits per heavy atom. The molecule has 0 unspecified atom stereocenters. The van der Waals surface area contributed by atoms with Gasteiger partial charge in [0.1, 0.15) is 0 Å². The number of nitrogens with zero attached hydrogens (tertiary/aromatic N) is 2. The summed E-state index contributed by atoms with van der Waals surface area (Å²) in [5.41, 5.74) is 0. The van der Waals surface area contributed by atoms with E-state index in [4.69, 9.17) is 10.00 Å². The summed E-state index contributed by atoms with van der Waals surface area (Å²) in [5, 5.41) is 8.57. The van der Waals surface area contributed by atoms with Crippen molar-refractivity contribution in [1.82, 2.24) is 4.90 Å². The summed E-state index contributed by atoms with van der Waals surface area (Å²) in [6.45, 7) is 2.80. The topological polar surface area (TPSA) is 36.3 Å². The molecule has 1 fully saturated rings. The molecule has 0 amide bonds. The van der Waals surface area contributed by atoms with Crippen LogP contribution in [0.15, 0.2) is 0 Å². The maximum Gasteiger partial charge on any atom is 0.179 e. The van der Waals surface area contributed by atoms with Crippen LogP contribution in [-0.2, 0) is 4.74 Å². The van der Waals surface area contributed by atoms with Crippen LogP contribution < -0.4 is 0 Å². The van der Waals surface area contributed by atoms with Gasteiger partial charge in [-0.3, -0.25) is 0 Å². The van der Waals surface area contributed by atoms with Gasteiger partial charge in [-0.1, -0.05) is 0 Å². The zero-order valence-corrected chi connectivity index (χ0v) is 6.37. The number of methoxy groups -OCH3 is 1. The predicted molar refractivity (Wildman–Crippen MR) is 37.2 cm³/mol. The second-order valence-electron chi connectivity index (χ2n) is 2.69. The Morgan fingerprint density at radius 1 is 1.70 bits per heavy atom. The Labute approximate surface area is 61.2 Å². The van der Waals surface area contributed by atoms with E-state index in [1.807, 2.05) is 6.92 Å². The highest BCUT2D eigenvalue weighted by atomic mass is 16.5. The molecule has 3 heteroatoms. The lowest BCUT2D eigenvalue weighted by Gasteiger charge is -2.10. The zero-order valence-electron chi connectivity index (χ0n) is 6.37. The smallest absolute Gasteiger partial charge is 0.179 e. The number of rotatable bonds is 1. The molecule has 10 heavy (non-hydrogen) atoms. The van der Waals surface area contributed by atoms with Crippen molar-refractivity contribution in [3.8, 4) is 6.19 Å². The Hall–Kier alpha value is -0.750. The van der Waals surface area contributed by atoms with Crippen LogP contribution in [0.25, 0.3) is 0 Å². The molecule has 2 atom stereocenters. The van der Waals surface area contributed by atoms with Gasteiger partial charge in [0.05, 0.1) is 12.6 Å². The third kappa shape index (κ3) is 1.22. The molecule has 1 heterocycles. The lowest BCUT2D eigenvalue weighted by molar-refractivity contribution is 0.113. The number of hydrogen-bond donors (Lipinski definition) is 0. The van der Waals surface area contributed by atoms with E-state index in [0.29, 0.717) is 6.04 Å². The Bertz CT molecular complexity index is 152. The molecular weight excluding hydrogens is 128 g/mol. The van der Waals surface area contributed by atoms with Crippen molar-refractivity contribution in [3.05, 3.63) is 0 Å². The maximum absolute atomic E-state index is 8.57. The Balaban J connectivity index is 2.46. The molecule has 0 bridgehead atoms. The molecule has 1 rings (SSSR count). The Kier molecular flexibility index (Phi) is 2.13. The van der Waals surface area contributed by atoms with Gasteiger partial charge in [0.25, 0.3) is 0 Å². The first-order valence-corrected chi connectivity index (χ1v) is 3.47. The van der Waals surface area contributed by atoms with Gasteiger partial charge in [0.2, 0.25) is 0 Å². The van der Waals surface area contributed by atoms with Crippen molar-refractivity contribution in [1.29, 1.82) is 5.26 Å². The highest BCUT2D eigenvalue weighted by Gasteiger charge is 2.27. The first-order chi connectivity index (χ1) is 4.77. The average Bonchev–Trinajstić information content (AvgIpc) is 2.30. The third-order valence-corrected chi connectivity index (χ3v) is 2.00. The fourth-order valence-electron chi connectivity index (χ4n) is 1.29. The van der Waals surface area contributed by atoms with Crippen LogP contribution in [0.1, 0.15) is 13.3 Å². The van der Waals surface area contributed by atoms with Crippen molar-refractivity contribution < 1.29 is 4.74 Å². The molecule has 0 aromatic carbocycles. The van der Waals surface area contributed by atoms with Gasteiger partial charge in [-0.2, -0.15) is 5.26 Å². The summed E-state index contributed by atoms with van der Waals surface area (Å²) < 4.78 is 5.12. The van der Waals surface area contributed by atoms with E-state index >= 15 is 0 Å². The van der Waals surface area contributed by atoms with Gasteiger partial charge < -0.3 is 9.64 Å². The molecule has 0 aromatic heterocycles. The second-order valence-corrected chi connectivity index (χ2v) is 2.69. The van der Waals surface area contributed by atoms with Gasteiger partial charge in [-0.25, -0.2) is 0 Å². The molecule has 1 aliphatic heterocycles. The number of ether oxygens (including phenoxy) is 1. The molecule has 0 N–H and O–H groups in total. The Morgan fingerprint density at radius 2 is 2.40 bits per heavy atom. The lowest BCUT2D eigenvalue weighted by Crippen LogP contribution is -2.21. The van der Waals surface area contributed by atoms with Crippen molar-refractivity contribution in [3.63, 3.8) is 0 Å². The van der Waals surface area contributed by atoms with Gasteiger partial charge in [-0.15, -0.1) is 0 Å². The molecule has 1 saturated heterocycles. The van der Waals surface area contributed by atoms with Crippen LogP contribution in [0.5, 0.6) is 0 Å². The summed E-state index contributed by atoms with van der Waals surface area (Å²) in [6.07, 6.45) is 3.37. The van der Waals surface area contributed by atoms with Crippen LogP contribution in [0, 0.1) is 11.5 Å². The molecule has 0 spiro atoms. The van der Waals surface area contributed by atoms with Crippen molar-refractivity contribution in [2.45, 2.75) is 25.5 Å². The summed E-state index contributed by atoms with van der Waals surface area (Å²) in [6, 6.07) is 0.356. The first-order valence-electron chi connectivity index (χ1n) is 3.47. The molecule has 0 radical (unpaired) electrons. The van der Waals surface area contributed by atoms with Gasteiger partial charge >= 0.3 is 0 Å². The number of nitriles is 1. The molecule has 1 aliphatic rings. The normalized spacial score (nSPS) is 32.3. The molecule has 0 aliphatic carbocycles. The minimum atomic E-state index is 0.259. The summed E-state index contributed by atoms with van der Waals surface area (Å²) in [7, 11) is 1.69. The first kappa shape index (κ1) is 7.36. The van der Waals surface area contributed by atoms with E-state index in [1.165, 1.54) is 0 Å². The van der Waals surface area contributed by atoms with E-state index in [9.17, 15) is 0 Å². The quantitative estimate of drug-likeness (QED) is 0.500. The van der Waals surface area contributed by atoms with Crippen molar-refractivity contribution >= 4 is 0 Å². The van der Waals surface area contributed by atoms with E-state index in [0.717, 1.165) is 13.0 Å². The third-order valence-electron chi connectivity index (χ3n) is 2.00. The zero-order chi connectivity index (χ0) is 7.56. The minimum absolute atomic E-state index is 0.259. The van der Waals surface area contributed by atoms with Crippen molar-refractivity contribution in [2.24, 2.45) is 0 Å². The highest BCUT2D eigenvalue weighted by Crippen LogP contribution is 2.17. The summed E-state index contributed by atoms with van der Waals surface area (Å²) in [5.74, 6) is 0. The largest absolute Gasteiger partial charge is 0.380 e. The molecule has 56 valence electrons. The molecular formula is C7H12N2O. The predicted octanol–water partition coefficient (Wildman–Crippen LogP) is 0.577. The van der Waals surface area contributed by atoms with E-state index in [1.54, 1.807) is 12.0 Å². The fourth-order valence-corrected chi connectivity index (χ4v) is 1.29. The fraction of sp³-hybridized carbons (Fsp3) is 0.857. The van der Waals surface area contributed by atoms with E-state index in [-0.39, 0.29) is 6.10 Å². The highest BCUT2D eigenvalue weighted by molar-refractivity contribution is 4.90. The molecule has 3 nitrogen and oxygen atoms in total. The van der Waals surface area contributed by atoms with Gasteiger partial charge in [0.15, 0.2) is 6.19 Å². The minimum Gasteiger partial charge on any atom is -0.380 e. The standard InChI is InChI=1S/C7H12N2O/c1-6-3-7(10-2)4-9(6)5-8/h6-7H,3-4H2,1-2H3/t6-,7-/m1/s1. The second kappa shape index (κ2) is 2.89. The van der Waals surface area contributed by atoms with E-state index in [2.05, 4.69) is 6.19 Å². The van der Waals surface area contributed by atoms with Crippen molar-refractivity contribution in [2.75, 3.05) is 13.7 Å². The molecule has 0 saturated carbocycles. The average molecular weight is 140 g/mol. The SMILES string of the molecule is CO[C@@H]1C[C@@H](C)N(C#N)C1.